The third-order valence-electron chi connectivity index (χ3n) is 13.2. The number of hydrogen-bond acceptors (Lipinski definition) is 6. The lowest BCUT2D eigenvalue weighted by atomic mass is 10.0. The normalized spacial score (nSPS) is 13.3. The van der Waals surface area contributed by atoms with E-state index < -0.39 is 6.10 Å². The molecule has 0 fully saturated rings. The molecule has 0 aliphatic rings. The number of hydrogen-bond donors (Lipinski definition) is 0. The first-order chi connectivity index (χ1) is 40.0. The molecule has 0 aliphatic heterocycles. The number of unbranched alkanes of at least 4 members (excludes halogenated alkanes) is 18. The fourth-order valence-electron chi connectivity index (χ4n) is 8.41. The third kappa shape index (κ3) is 65.5. The van der Waals surface area contributed by atoms with Gasteiger partial charge in [-0.25, -0.2) is 0 Å². The highest BCUT2D eigenvalue weighted by atomic mass is 16.6. The Morgan fingerprint density at radius 2 is 0.494 bits per heavy atom. The van der Waals surface area contributed by atoms with E-state index in [2.05, 4.69) is 191 Å². The van der Waals surface area contributed by atoms with Crippen molar-refractivity contribution in [3.05, 3.63) is 170 Å². The summed E-state index contributed by atoms with van der Waals surface area (Å²) in [7, 11) is 0. The van der Waals surface area contributed by atoms with E-state index in [1.165, 1.54) is 77.0 Å². The first kappa shape index (κ1) is 75.8. The second-order valence-corrected chi connectivity index (χ2v) is 20.9. The molecule has 0 N–H and O–H groups in total. The number of ether oxygens (including phenoxy) is 3. The van der Waals surface area contributed by atoms with Crippen LogP contribution in [-0.4, -0.2) is 37.2 Å². The molecule has 0 aromatic carbocycles. The maximum Gasteiger partial charge on any atom is 0.306 e. The Kier molecular flexibility index (Phi) is 62.9. The Labute approximate surface area is 498 Å². The minimum atomic E-state index is -0.832. The van der Waals surface area contributed by atoms with Crippen molar-refractivity contribution in [2.45, 2.75) is 271 Å². The Balaban J connectivity index is 4.57. The van der Waals surface area contributed by atoms with Crippen molar-refractivity contribution in [3.63, 3.8) is 0 Å². The van der Waals surface area contributed by atoms with Crippen molar-refractivity contribution in [2.75, 3.05) is 13.2 Å². The molecule has 1 unspecified atom stereocenters. The van der Waals surface area contributed by atoms with Gasteiger partial charge in [-0.1, -0.05) is 287 Å². The lowest BCUT2D eigenvalue weighted by Gasteiger charge is -2.18. The largest absolute Gasteiger partial charge is 0.462 e. The number of carbonyl (C=O) groups is 3. The second-order valence-electron chi connectivity index (χ2n) is 20.9. The van der Waals surface area contributed by atoms with Crippen LogP contribution in [0, 0.1) is 0 Å². The molecule has 0 aliphatic carbocycles. The van der Waals surface area contributed by atoms with Crippen LogP contribution in [0.5, 0.6) is 0 Å². The van der Waals surface area contributed by atoms with E-state index in [0.29, 0.717) is 19.3 Å². The summed E-state index contributed by atoms with van der Waals surface area (Å²) in [6.07, 6.45) is 99.3. The van der Waals surface area contributed by atoms with E-state index in [9.17, 15) is 14.4 Å². The Bertz CT molecular complexity index is 1860. The molecule has 454 valence electrons. The predicted molar refractivity (Wildman–Crippen MR) is 352 cm³/mol. The topological polar surface area (TPSA) is 78.9 Å². The summed E-state index contributed by atoms with van der Waals surface area (Å²) in [5.74, 6) is -1.01. The number of allylic oxidation sites excluding steroid dienone is 28. The molecular weight excluding hydrogens is 997 g/mol. The zero-order valence-electron chi connectivity index (χ0n) is 52.0. The van der Waals surface area contributed by atoms with Gasteiger partial charge in [0.1, 0.15) is 13.2 Å². The number of esters is 3. The van der Waals surface area contributed by atoms with Crippen LogP contribution < -0.4 is 0 Å². The maximum absolute atomic E-state index is 12.9. The average Bonchev–Trinajstić information content (AvgIpc) is 3.47. The molecule has 0 heterocycles. The fourth-order valence-corrected chi connectivity index (χ4v) is 8.41. The zero-order chi connectivity index (χ0) is 58.5. The summed E-state index contributed by atoms with van der Waals surface area (Å²) in [6.45, 7) is 6.34. The van der Waals surface area contributed by atoms with Crippen molar-refractivity contribution in [2.24, 2.45) is 0 Å². The SMILES string of the molecule is CC/C=C\C/C=C\C/C=C\C/C=C\C/C=C\C/C=C\C/C=C\CCCCCC(=O)OCC(COC(=O)CCCCCCCCCCCCCCCCC)OC(=O)CCC/C=C\C/C=C\C/C=C\C/C=C\C/C=C\C/C=C\C/C=C\CC. The highest BCUT2D eigenvalue weighted by molar-refractivity contribution is 5.71. The highest BCUT2D eigenvalue weighted by Crippen LogP contribution is 2.15. The van der Waals surface area contributed by atoms with Crippen LogP contribution in [0.25, 0.3) is 0 Å². The summed E-state index contributed by atoms with van der Waals surface area (Å²) in [5.41, 5.74) is 0. The second kappa shape index (κ2) is 67.3. The van der Waals surface area contributed by atoms with Crippen LogP contribution in [0.1, 0.15) is 265 Å². The summed E-state index contributed by atoms with van der Waals surface area (Å²) in [5, 5.41) is 0. The van der Waals surface area contributed by atoms with E-state index in [1.54, 1.807) is 0 Å². The van der Waals surface area contributed by atoms with Crippen molar-refractivity contribution < 1.29 is 28.6 Å². The van der Waals surface area contributed by atoms with E-state index in [-0.39, 0.29) is 37.5 Å². The fraction of sp³-hybridized carbons (Fsp3) is 0.587. The minimum absolute atomic E-state index is 0.118. The Morgan fingerprint density at radius 1 is 0.259 bits per heavy atom. The van der Waals surface area contributed by atoms with Gasteiger partial charge in [0.15, 0.2) is 6.10 Å². The van der Waals surface area contributed by atoms with Gasteiger partial charge in [-0.15, -0.1) is 0 Å². The van der Waals surface area contributed by atoms with Crippen LogP contribution >= 0.6 is 0 Å². The van der Waals surface area contributed by atoms with Crippen molar-refractivity contribution >= 4 is 17.9 Å². The number of rotatable bonds is 57. The molecule has 1 atom stereocenters. The number of carbonyl (C=O) groups excluding carboxylic acids is 3. The molecule has 0 aromatic rings. The third-order valence-corrected chi connectivity index (χ3v) is 13.2. The predicted octanol–water partition coefficient (Wildman–Crippen LogP) is 22.7. The minimum Gasteiger partial charge on any atom is -0.462 e. The molecule has 0 radical (unpaired) electrons. The standard InChI is InChI=1S/C75H118O6/c1-4-7-10-13-16-19-22-25-28-30-32-34-36-37-39-40-42-44-47-50-53-56-59-62-65-68-74(77)80-71-72(70-79-73(76)67-64-61-58-55-52-49-46-27-24-21-18-15-12-9-6-3)81-75(78)69-66-63-60-57-54-51-48-45-43-41-38-35-33-31-29-26-23-20-17-14-11-8-5-2/h7-8,10-11,16-17,19-20,25-26,28-29,32-35,37,39,41-44,48,50-51,53,57,60,72H,4-6,9,12-15,18,21-24,27,30-31,36,38,40,45-47,49,52,54-56,58-59,61-71H2,1-3H3/b10-7-,11-8-,19-16-,20-17-,28-25-,29-26-,34-32-,35-33-,39-37-,43-41-,44-42-,51-48-,53-50-,60-57-. The van der Waals surface area contributed by atoms with E-state index in [0.717, 1.165) is 141 Å². The maximum atomic E-state index is 12.9. The molecule has 0 rings (SSSR count). The molecule has 0 aromatic heterocycles. The molecule has 0 saturated heterocycles. The zero-order valence-corrected chi connectivity index (χ0v) is 52.0. The van der Waals surface area contributed by atoms with Crippen LogP contribution in [0.2, 0.25) is 0 Å². The van der Waals surface area contributed by atoms with Gasteiger partial charge in [-0.2, -0.15) is 0 Å². The lowest BCUT2D eigenvalue weighted by molar-refractivity contribution is -0.167. The van der Waals surface area contributed by atoms with E-state index in [4.69, 9.17) is 14.2 Å². The van der Waals surface area contributed by atoms with Crippen LogP contribution in [-0.2, 0) is 28.6 Å². The summed E-state index contributed by atoms with van der Waals surface area (Å²) < 4.78 is 16.9. The van der Waals surface area contributed by atoms with Gasteiger partial charge in [0.25, 0.3) is 0 Å². The van der Waals surface area contributed by atoms with E-state index in [1.807, 2.05) is 0 Å². The molecule has 81 heavy (non-hydrogen) atoms. The van der Waals surface area contributed by atoms with Crippen LogP contribution in [0.3, 0.4) is 0 Å². The molecular formula is C75H118O6. The lowest BCUT2D eigenvalue weighted by Crippen LogP contribution is -2.30. The van der Waals surface area contributed by atoms with Crippen LogP contribution in [0.4, 0.5) is 0 Å². The van der Waals surface area contributed by atoms with Gasteiger partial charge in [0.2, 0.25) is 0 Å². The van der Waals surface area contributed by atoms with Crippen molar-refractivity contribution in [3.8, 4) is 0 Å². The van der Waals surface area contributed by atoms with Gasteiger partial charge in [0, 0.05) is 19.3 Å². The molecule has 0 amide bonds. The monoisotopic (exact) mass is 1110 g/mol. The van der Waals surface area contributed by atoms with E-state index >= 15 is 0 Å². The van der Waals surface area contributed by atoms with Gasteiger partial charge in [0.05, 0.1) is 0 Å². The van der Waals surface area contributed by atoms with Crippen LogP contribution in [0.15, 0.2) is 170 Å². The molecule has 6 heteroatoms. The van der Waals surface area contributed by atoms with Gasteiger partial charge >= 0.3 is 17.9 Å². The average molecular weight is 1120 g/mol. The van der Waals surface area contributed by atoms with Gasteiger partial charge in [-0.3, -0.25) is 14.4 Å². The Morgan fingerprint density at radius 3 is 0.790 bits per heavy atom. The smallest absolute Gasteiger partial charge is 0.306 e. The Hall–Kier alpha value is -5.23. The molecule has 6 nitrogen and oxygen atoms in total. The molecule has 0 spiro atoms. The summed E-state index contributed by atoms with van der Waals surface area (Å²) in [4.78, 5) is 38.3. The van der Waals surface area contributed by atoms with Crippen molar-refractivity contribution in [1.29, 1.82) is 0 Å². The summed E-state index contributed by atoms with van der Waals surface area (Å²) in [6, 6.07) is 0. The molecule has 0 bridgehead atoms. The van der Waals surface area contributed by atoms with Crippen molar-refractivity contribution in [1.82, 2.24) is 0 Å². The molecule has 0 saturated carbocycles. The quantitative estimate of drug-likeness (QED) is 0.0261. The highest BCUT2D eigenvalue weighted by Gasteiger charge is 2.19. The van der Waals surface area contributed by atoms with Gasteiger partial charge < -0.3 is 14.2 Å². The first-order valence-electron chi connectivity index (χ1n) is 32.6. The van der Waals surface area contributed by atoms with Gasteiger partial charge in [-0.05, 0) is 128 Å². The summed E-state index contributed by atoms with van der Waals surface area (Å²) >= 11 is 0. The first-order valence-corrected chi connectivity index (χ1v) is 32.6.